The third kappa shape index (κ3) is 5.30. The Kier molecular flexibility index (Phi) is 5.97. The Balaban J connectivity index is 1.32. The zero-order chi connectivity index (χ0) is 19.9. The van der Waals surface area contributed by atoms with E-state index in [4.69, 9.17) is 0 Å². The van der Waals surface area contributed by atoms with Gasteiger partial charge in [0, 0.05) is 30.7 Å². The van der Waals surface area contributed by atoms with Gasteiger partial charge < -0.3 is 5.32 Å². The molecule has 1 N–H and O–H groups in total. The molecule has 0 saturated carbocycles. The smallest absolute Gasteiger partial charge is 0.224 e. The number of nitrogens with zero attached hydrogens (tertiary/aromatic N) is 4. The highest BCUT2D eigenvalue weighted by molar-refractivity contribution is 7.99. The predicted octanol–water partition coefficient (Wildman–Crippen LogP) is 4.38. The molecule has 29 heavy (non-hydrogen) atoms. The van der Waals surface area contributed by atoms with Gasteiger partial charge in [-0.15, -0.1) is 0 Å². The van der Waals surface area contributed by atoms with E-state index in [1.807, 2.05) is 65.5 Å². The van der Waals surface area contributed by atoms with Crippen molar-refractivity contribution in [1.82, 2.24) is 19.7 Å². The van der Waals surface area contributed by atoms with Crippen LogP contribution in [0.4, 0.5) is 5.69 Å². The van der Waals surface area contributed by atoms with Crippen molar-refractivity contribution in [2.75, 3.05) is 5.32 Å². The Morgan fingerprint density at radius 1 is 0.966 bits per heavy atom. The molecule has 0 aliphatic heterocycles. The van der Waals surface area contributed by atoms with Gasteiger partial charge in [0.05, 0.1) is 11.9 Å². The number of hydrogen-bond donors (Lipinski definition) is 1. The molecular weight excluding hydrogens is 382 g/mol. The molecule has 3 aromatic heterocycles. The molecule has 7 heteroatoms. The maximum Gasteiger partial charge on any atom is 0.224 e. The van der Waals surface area contributed by atoms with Crippen molar-refractivity contribution in [3.05, 3.63) is 91.0 Å². The Hall–Kier alpha value is -3.45. The number of aromatic nitrogens is 4. The first kappa shape index (κ1) is 18.9. The fourth-order valence-electron chi connectivity index (χ4n) is 2.75. The quantitative estimate of drug-likeness (QED) is 0.497. The molecule has 0 spiro atoms. The summed E-state index contributed by atoms with van der Waals surface area (Å²) in [7, 11) is 0. The summed E-state index contributed by atoms with van der Waals surface area (Å²) in [6, 6.07) is 19.3. The fourth-order valence-corrected chi connectivity index (χ4v) is 3.52. The first-order chi connectivity index (χ1) is 14.3. The van der Waals surface area contributed by atoms with Gasteiger partial charge in [-0.2, -0.15) is 5.10 Å². The van der Waals surface area contributed by atoms with E-state index in [1.54, 1.807) is 24.7 Å². The molecule has 4 rings (SSSR count). The molecule has 0 bridgehead atoms. The van der Waals surface area contributed by atoms with E-state index in [9.17, 15) is 4.79 Å². The van der Waals surface area contributed by atoms with Crippen molar-refractivity contribution in [3.8, 4) is 5.69 Å². The van der Waals surface area contributed by atoms with Crippen LogP contribution in [-0.2, 0) is 11.2 Å². The highest BCUT2D eigenvalue weighted by atomic mass is 32.2. The summed E-state index contributed by atoms with van der Waals surface area (Å²) >= 11 is 1.46. The number of para-hydroxylation sites is 1. The number of amides is 1. The van der Waals surface area contributed by atoms with Crippen LogP contribution in [0, 0.1) is 0 Å². The lowest BCUT2D eigenvalue weighted by Gasteiger charge is -2.06. The van der Waals surface area contributed by atoms with Gasteiger partial charge in [0.15, 0.2) is 0 Å². The number of nitrogens with one attached hydrogen (secondary N) is 1. The van der Waals surface area contributed by atoms with Gasteiger partial charge in [-0.3, -0.25) is 4.79 Å². The van der Waals surface area contributed by atoms with Crippen molar-refractivity contribution >= 4 is 23.4 Å². The van der Waals surface area contributed by atoms with Crippen molar-refractivity contribution in [2.45, 2.75) is 22.9 Å². The SMILES string of the molecule is O=C(CCc1cnn(-c2ccccc2)c1)Nc1ccnc(Sc2ccccn2)c1. The lowest BCUT2D eigenvalue weighted by atomic mass is 10.2. The topological polar surface area (TPSA) is 72.7 Å². The zero-order valence-corrected chi connectivity index (χ0v) is 16.4. The average molecular weight is 401 g/mol. The molecule has 0 radical (unpaired) electrons. The van der Waals surface area contributed by atoms with Crippen LogP contribution >= 0.6 is 11.8 Å². The Morgan fingerprint density at radius 3 is 2.62 bits per heavy atom. The molecule has 0 saturated heterocycles. The predicted molar refractivity (Wildman–Crippen MR) is 113 cm³/mol. The third-order valence-corrected chi connectivity index (χ3v) is 5.05. The van der Waals surface area contributed by atoms with Gasteiger partial charge in [0.2, 0.25) is 5.91 Å². The summed E-state index contributed by atoms with van der Waals surface area (Å²) in [4.78, 5) is 21.0. The molecule has 0 fully saturated rings. The number of benzene rings is 1. The molecule has 144 valence electrons. The highest BCUT2D eigenvalue weighted by Crippen LogP contribution is 2.25. The maximum absolute atomic E-state index is 12.4. The molecule has 4 aromatic rings. The second-order valence-corrected chi connectivity index (χ2v) is 7.37. The van der Waals surface area contributed by atoms with E-state index < -0.39 is 0 Å². The van der Waals surface area contributed by atoms with Gasteiger partial charge >= 0.3 is 0 Å². The van der Waals surface area contributed by atoms with E-state index in [0.29, 0.717) is 12.8 Å². The minimum atomic E-state index is -0.0440. The second-order valence-electron chi connectivity index (χ2n) is 6.33. The van der Waals surface area contributed by atoms with Gasteiger partial charge in [0.1, 0.15) is 10.1 Å². The minimum absolute atomic E-state index is 0.0440. The van der Waals surface area contributed by atoms with Crippen LogP contribution in [0.2, 0.25) is 0 Å². The summed E-state index contributed by atoms with van der Waals surface area (Å²) in [6.07, 6.45) is 8.19. The van der Waals surface area contributed by atoms with Gasteiger partial charge in [-0.25, -0.2) is 14.6 Å². The van der Waals surface area contributed by atoms with E-state index in [0.717, 1.165) is 27.0 Å². The van der Waals surface area contributed by atoms with Crippen molar-refractivity contribution in [1.29, 1.82) is 0 Å². The number of carbonyl (C=O) groups is 1. The average Bonchev–Trinajstić information content (AvgIpc) is 3.23. The van der Waals surface area contributed by atoms with Gasteiger partial charge in [0.25, 0.3) is 0 Å². The van der Waals surface area contributed by atoms with Crippen LogP contribution in [0.5, 0.6) is 0 Å². The van der Waals surface area contributed by atoms with Crippen LogP contribution in [-0.4, -0.2) is 25.7 Å². The second kappa shape index (κ2) is 9.16. The molecular formula is C22H19N5OS. The van der Waals surface area contributed by atoms with E-state index >= 15 is 0 Å². The number of pyridine rings is 2. The zero-order valence-electron chi connectivity index (χ0n) is 15.6. The van der Waals surface area contributed by atoms with Crippen molar-refractivity contribution in [2.24, 2.45) is 0 Å². The number of rotatable bonds is 7. The standard InChI is InChI=1S/C22H19N5OS/c28-20(10-9-17-15-25-27(16-17)19-6-2-1-3-7-19)26-18-11-13-24-22(14-18)29-21-8-4-5-12-23-21/h1-8,11-16H,9-10H2,(H,24,26,28). The monoisotopic (exact) mass is 401 g/mol. The molecule has 0 atom stereocenters. The fraction of sp³-hybridized carbons (Fsp3) is 0.0909. The lowest BCUT2D eigenvalue weighted by Crippen LogP contribution is -2.12. The molecule has 3 heterocycles. The minimum Gasteiger partial charge on any atom is -0.326 e. The van der Waals surface area contributed by atoms with Crippen LogP contribution in [0.3, 0.4) is 0 Å². The molecule has 1 amide bonds. The normalized spacial score (nSPS) is 10.6. The third-order valence-electron chi connectivity index (χ3n) is 4.16. The van der Waals surface area contributed by atoms with E-state index in [2.05, 4.69) is 20.4 Å². The summed E-state index contributed by atoms with van der Waals surface area (Å²) < 4.78 is 1.82. The lowest BCUT2D eigenvalue weighted by molar-refractivity contribution is -0.116. The summed E-state index contributed by atoms with van der Waals surface area (Å²) in [5.41, 5.74) is 2.74. The van der Waals surface area contributed by atoms with Gasteiger partial charge in [-0.1, -0.05) is 36.0 Å². The first-order valence-electron chi connectivity index (χ1n) is 9.20. The van der Waals surface area contributed by atoms with Crippen molar-refractivity contribution < 1.29 is 4.79 Å². The number of hydrogen-bond acceptors (Lipinski definition) is 5. The van der Waals surface area contributed by atoms with Crippen molar-refractivity contribution in [3.63, 3.8) is 0 Å². The van der Waals surface area contributed by atoms with Crippen LogP contribution in [0.25, 0.3) is 5.69 Å². The maximum atomic E-state index is 12.4. The first-order valence-corrected chi connectivity index (χ1v) is 10.0. The Bertz CT molecular complexity index is 1080. The summed E-state index contributed by atoms with van der Waals surface area (Å²) in [5, 5.41) is 8.95. The van der Waals surface area contributed by atoms with Crippen LogP contribution in [0.1, 0.15) is 12.0 Å². The molecule has 0 aliphatic rings. The van der Waals surface area contributed by atoms with Crippen LogP contribution < -0.4 is 5.32 Å². The van der Waals surface area contributed by atoms with E-state index in [-0.39, 0.29) is 5.91 Å². The summed E-state index contributed by atoms with van der Waals surface area (Å²) in [5.74, 6) is -0.0440. The summed E-state index contributed by atoms with van der Waals surface area (Å²) in [6.45, 7) is 0. The Labute approximate surface area is 173 Å². The number of carbonyl (C=O) groups excluding carboxylic acids is 1. The largest absolute Gasteiger partial charge is 0.326 e. The van der Waals surface area contributed by atoms with Crippen LogP contribution in [0.15, 0.2) is 95.5 Å². The number of anilines is 1. The molecule has 6 nitrogen and oxygen atoms in total. The molecule has 0 unspecified atom stereocenters. The number of aryl methyl sites for hydroxylation is 1. The van der Waals surface area contributed by atoms with Gasteiger partial charge in [-0.05, 0) is 48.4 Å². The molecule has 1 aromatic carbocycles. The van der Waals surface area contributed by atoms with E-state index in [1.165, 1.54) is 11.8 Å². The Morgan fingerprint density at radius 2 is 1.79 bits per heavy atom. The molecule has 0 aliphatic carbocycles. The highest BCUT2D eigenvalue weighted by Gasteiger charge is 2.07.